The predicted octanol–water partition coefficient (Wildman–Crippen LogP) is 1.88. The summed E-state index contributed by atoms with van der Waals surface area (Å²) in [7, 11) is 0. The van der Waals surface area contributed by atoms with Gasteiger partial charge in [0.15, 0.2) is 0 Å². The molecule has 0 aliphatic carbocycles. The molecule has 0 saturated carbocycles. The fraction of sp³-hybridized carbons (Fsp3) is 0.632. The van der Waals surface area contributed by atoms with Gasteiger partial charge in [-0.2, -0.15) is 5.26 Å². The Labute approximate surface area is 158 Å². The van der Waals surface area contributed by atoms with E-state index in [1.807, 2.05) is 22.8 Å². The second kappa shape index (κ2) is 7.71. The monoisotopic (exact) mass is 374 g/mol. The second-order valence-electron chi connectivity index (χ2n) is 8.03. The summed E-state index contributed by atoms with van der Waals surface area (Å²) in [6.45, 7) is 6.10. The SMILES string of the molecule is C[C@@H]1C[C@H](O)CN(c2cc(C#N)c([N+](=O)[O-])c(N3C[C@@H](C)C[C@@H](O)C3)c2)C1. The molecule has 2 N–H and O–H groups in total. The molecule has 0 unspecified atom stereocenters. The molecular formula is C19H26N4O4. The molecule has 0 spiro atoms. The minimum atomic E-state index is -0.556. The Bertz CT molecular complexity index is 743. The number of aliphatic hydroxyl groups excluding tert-OH is 2. The maximum absolute atomic E-state index is 11.7. The van der Waals surface area contributed by atoms with Gasteiger partial charge in [-0.15, -0.1) is 0 Å². The van der Waals surface area contributed by atoms with Crippen LogP contribution in [-0.2, 0) is 0 Å². The van der Waals surface area contributed by atoms with E-state index in [9.17, 15) is 25.6 Å². The normalized spacial score (nSPS) is 28.7. The highest BCUT2D eigenvalue weighted by Gasteiger charge is 2.32. The van der Waals surface area contributed by atoms with Crippen LogP contribution >= 0.6 is 0 Å². The molecule has 2 heterocycles. The van der Waals surface area contributed by atoms with E-state index in [0.29, 0.717) is 37.4 Å². The van der Waals surface area contributed by atoms with Crippen molar-refractivity contribution in [2.24, 2.45) is 11.8 Å². The third-order valence-electron chi connectivity index (χ3n) is 5.36. The number of benzene rings is 1. The molecule has 1 aromatic rings. The van der Waals surface area contributed by atoms with Crippen molar-refractivity contribution in [2.75, 3.05) is 36.0 Å². The van der Waals surface area contributed by atoms with Gasteiger partial charge in [-0.25, -0.2) is 0 Å². The Morgan fingerprint density at radius 1 is 1.07 bits per heavy atom. The summed E-state index contributed by atoms with van der Waals surface area (Å²) in [6.07, 6.45) is 0.358. The van der Waals surface area contributed by atoms with Crippen LogP contribution in [0.5, 0.6) is 0 Å². The number of hydrogen-bond donors (Lipinski definition) is 2. The van der Waals surface area contributed by atoms with E-state index in [1.165, 1.54) is 6.07 Å². The summed E-state index contributed by atoms with van der Waals surface area (Å²) in [5.74, 6) is 0.481. The molecular weight excluding hydrogens is 348 g/mol. The van der Waals surface area contributed by atoms with Gasteiger partial charge < -0.3 is 20.0 Å². The maximum atomic E-state index is 11.7. The van der Waals surface area contributed by atoms with E-state index in [1.54, 1.807) is 6.07 Å². The van der Waals surface area contributed by atoms with Crippen LogP contribution in [0.25, 0.3) is 0 Å². The third-order valence-corrected chi connectivity index (χ3v) is 5.36. The van der Waals surface area contributed by atoms with Gasteiger partial charge in [-0.3, -0.25) is 10.1 Å². The predicted molar refractivity (Wildman–Crippen MR) is 102 cm³/mol. The molecule has 27 heavy (non-hydrogen) atoms. The zero-order valence-electron chi connectivity index (χ0n) is 15.7. The van der Waals surface area contributed by atoms with E-state index in [2.05, 4.69) is 6.92 Å². The molecule has 0 amide bonds. The molecule has 0 aromatic heterocycles. The van der Waals surface area contributed by atoms with Crippen LogP contribution in [0.15, 0.2) is 12.1 Å². The lowest BCUT2D eigenvalue weighted by atomic mass is 9.95. The quantitative estimate of drug-likeness (QED) is 0.613. The Morgan fingerprint density at radius 2 is 1.63 bits per heavy atom. The Balaban J connectivity index is 2.07. The van der Waals surface area contributed by atoms with Gasteiger partial charge in [0, 0.05) is 31.9 Å². The Kier molecular flexibility index (Phi) is 5.53. The van der Waals surface area contributed by atoms with Gasteiger partial charge in [-0.05, 0) is 36.8 Å². The fourth-order valence-corrected chi connectivity index (χ4v) is 4.35. The lowest BCUT2D eigenvalue weighted by Crippen LogP contribution is -2.44. The van der Waals surface area contributed by atoms with Crippen LogP contribution in [0.3, 0.4) is 0 Å². The summed E-state index contributed by atoms with van der Waals surface area (Å²) >= 11 is 0. The van der Waals surface area contributed by atoms with Gasteiger partial charge in [0.25, 0.3) is 0 Å². The number of β-amino-alcohol motifs (C(OH)–C–C–N with tert-alkyl or cyclic N) is 2. The number of nitrogens with zero attached hydrogens (tertiary/aromatic N) is 4. The Morgan fingerprint density at radius 3 is 2.15 bits per heavy atom. The molecule has 146 valence electrons. The number of nitro benzene ring substituents is 1. The smallest absolute Gasteiger partial charge is 0.310 e. The zero-order valence-corrected chi connectivity index (χ0v) is 15.7. The van der Waals surface area contributed by atoms with Crippen LogP contribution in [0.2, 0.25) is 0 Å². The first-order valence-corrected chi connectivity index (χ1v) is 9.37. The summed E-state index contributed by atoms with van der Waals surface area (Å²) in [6, 6.07) is 5.23. The van der Waals surface area contributed by atoms with Crippen molar-refractivity contribution in [3.8, 4) is 6.07 Å². The highest BCUT2D eigenvalue weighted by Crippen LogP contribution is 2.39. The number of rotatable bonds is 3. The molecule has 8 nitrogen and oxygen atoms in total. The summed E-state index contributed by atoms with van der Waals surface area (Å²) in [4.78, 5) is 15.0. The number of nitro groups is 1. The minimum Gasteiger partial charge on any atom is -0.391 e. The fourth-order valence-electron chi connectivity index (χ4n) is 4.35. The molecule has 2 fully saturated rings. The molecule has 0 radical (unpaired) electrons. The second-order valence-corrected chi connectivity index (χ2v) is 8.03. The van der Waals surface area contributed by atoms with Crippen LogP contribution < -0.4 is 9.80 Å². The number of aliphatic hydroxyl groups is 2. The molecule has 8 heteroatoms. The van der Waals surface area contributed by atoms with Crippen molar-refractivity contribution in [1.82, 2.24) is 0 Å². The summed E-state index contributed by atoms with van der Waals surface area (Å²) in [5.41, 5.74) is 0.860. The van der Waals surface area contributed by atoms with Crippen molar-refractivity contribution < 1.29 is 15.1 Å². The van der Waals surface area contributed by atoms with E-state index >= 15 is 0 Å². The van der Waals surface area contributed by atoms with Gasteiger partial charge in [0.05, 0.1) is 17.1 Å². The standard InChI is InChI=1S/C19H26N4O4/c1-12-3-16(24)10-21(8-12)15-5-14(7-20)19(23(26)27)18(6-15)22-9-13(2)4-17(25)11-22/h5-6,12-13,16-17,24-25H,3-4,8-11H2,1-2H3/t12-,13+,16+,17-/m1/s1. The molecule has 2 aliphatic heterocycles. The Hall–Kier alpha value is -2.37. The number of piperidine rings is 2. The van der Waals surface area contributed by atoms with E-state index < -0.39 is 17.1 Å². The van der Waals surface area contributed by atoms with Crippen LogP contribution in [-0.4, -0.2) is 53.5 Å². The molecule has 2 saturated heterocycles. The lowest BCUT2D eigenvalue weighted by molar-refractivity contribution is -0.384. The molecule has 2 aliphatic rings. The van der Waals surface area contributed by atoms with E-state index in [-0.39, 0.29) is 23.1 Å². The zero-order chi connectivity index (χ0) is 19.7. The third kappa shape index (κ3) is 4.15. The average molecular weight is 374 g/mol. The number of hydrogen-bond acceptors (Lipinski definition) is 7. The largest absolute Gasteiger partial charge is 0.391 e. The van der Waals surface area contributed by atoms with Crippen LogP contribution in [0, 0.1) is 33.3 Å². The van der Waals surface area contributed by atoms with Gasteiger partial charge in [0.2, 0.25) is 0 Å². The highest BCUT2D eigenvalue weighted by atomic mass is 16.6. The van der Waals surface area contributed by atoms with E-state index in [0.717, 1.165) is 13.0 Å². The number of nitriles is 1. The lowest BCUT2D eigenvalue weighted by Gasteiger charge is -2.38. The van der Waals surface area contributed by atoms with Crippen molar-refractivity contribution in [3.63, 3.8) is 0 Å². The topological polar surface area (TPSA) is 114 Å². The van der Waals surface area contributed by atoms with E-state index in [4.69, 9.17) is 0 Å². The summed E-state index contributed by atoms with van der Waals surface area (Å²) in [5, 5.41) is 41.5. The van der Waals surface area contributed by atoms with Crippen molar-refractivity contribution in [2.45, 2.75) is 38.9 Å². The maximum Gasteiger partial charge on any atom is 0.310 e. The highest BCUT2D eigenvalue weighted by molar-refractivity contribution is 5.76. The molecule has 1 aromatic carbocycles. The van der Waals surface area contributed by atoms with Crippen LogP contribution in [0.4, 0.5) is 17.1 Å². The van der Waals surface area contributed by atoms with Crippen molar-refractivity contribution in [3.05, 3.63) is 27.8 Å². The van der Waals surface area contributed by atoms with Crippen LogP contribution in [0.1, 0.15) is 32.3 Å². The van der Waals surface area contributed by atoms with Gasteiger partial charge >= 0.3 is 5.69 Å². The minimum absolute atomic E-state index is 0.00735. The number of anilines is 2. The van der Waals surface area contributed by atoms with Gasteiger partial charge in [0.1, 0.15) is 17.3 Å². The van der Waals surface area contributed by atoms with Crippen molar-refractivity contribution in [1.29, 1.82) is 5.26 Å². The first kappa shape index (κ1) is 19.4. The molecule has 4 atom stereocenters. The first-order valence-electron chi connectivity index (χ1n) is 9.37. The van der Waals surface area contributed by atoms with Gasteiger partial charge in [-0.1, -0.05) is 13.8 Å². The summed E-state index contributed by atoms with van der Waals surface area (Å²) < 4.78 is 0. The molecule has 3 rings (SSSR count). The van der Waals surface area contributed by atoms with Crippen molar-refractivity contribution >= 4 is 17.1 Å². The molecule has 0 bridgehead atoms. The first-order chi connectivity index (χ1) is 12.8. The average Bonchev–Trinajstić information content (AvgIpc) is 2.58.